The summed E-state index contributed by atoms with van der Waals surface area (Å²) in [6.07, 6.45) is 2.32. The molecular weight excluding hydrogens is 310 g/mol. The quantitative estimate of drug-likeness (QED) is 0.617. The van der Waals surface area contributed by atoms with Crippen LogP contribution in [-0.4, -0.2) is 43.1 Å². The number of nitrogens with zero attached hydrogens (tertiary/aromatic N) is 3. The molecule has 0 saturated carbocycles. The van der Waals surface area contributed by atoms with Crippen LogP contribution in [0.15, 0.2) is 29.3 Å². The zero-order valence-corrected chi connectivity index (χ0v) is 15.8. The fourth-order valence-corrected chi connectivity index (χ4v) is 3.14. The van der Waals surface area contributed by atoms with Gasteiger partial charge in [0.15, 0.2) is 5.96 Å². The van der Waals surface area contributed by atoms with Crippen molar-refractivity contribution in [3.05, 3.63) is 35.4 Å². The highest BCUT2D eigenvalue weighted by molar-refractivity contribution is 5.80. The van der Waals surface area contributed by atoms with Crippen molar-refractivity contribution < 1.29 is 0 Å². The van der Waals surface area contributed by atoms with Crippen LogP contribution in [-0.2, 0) is 6.54 Å². The van der Waals surface area contributed by atoms with Crippen molar-refractivity contribution in [2.24, 2.45) is 10.9 Å². The van der Waals surface area contributed by atoms with E-state index in [4.69, 9.17) is 10.3 Å². The van der Waals surface area contributed by atoms with Crippen LogP contribution >= 0.6 is 0 Å². The third-order valence-electron chi connectivity index (χ3n) is 4.40. The zero-order chi connectivity index (χ0) is 18.1. The number of likely N-dealkylation sites (tertiary alicyclic amines) is 1. The number of piperidine rings is 1. The Hall–Kier alpha value is -2.06. The largest absolute Gasteiger partial charge is 0.357 e. The van der Waals surface area contributed by atoms with E-state index >= 15 is 0 Å². The van der Waals surface area contributed by atoms with Gasteiger partial charge in [-0.2, -0.15) is 5.26 Å². The van der Waals surface area contributed by atoms with Crippen molar-refractivity contribution in [3.63, 3.8) is 0 Å². The number of hydrogen-bond acceptors (Lipinski definition) is 3. The first-order chi connectivity index (χ1) is 12.1. The molecular formula is C20H31N5. The molecule has 1 aliphatic rings. The van der Waals surface area contributed by atoms with Crippen molar-refractivity contribution in [1.29, 1.82) is 5.26 Å². The molecule has 1 aromatic rings. The molecule has 1 heterocycles. The van der Waals surface area contributed by atoms with Crippen LogP contribution in [0.3, 0.4) is 0 Å². The van der Waals surface area contributed by atoms with Gasteiger partial charge >= 0.3 is 0 Å². The van der Waals surface area contributed by atoms with E-state index < -0.39 is 0 Å². The van der Waals surface area contributed by atoms with Crippen LogP contribution in [0.1, 0.15) is 44.7 Å². The van der Waals surface area contributed by atoms with Crippen molar-refractivity contribution >= 4 is 5.96 Å². The lowest BCUT2D eigenvalue weighted by atomic mass is 10.0. The van der Waals surface area contributed by atoms with E-state index in [-0.39, 0.29) is 0 Å². The lowest BCUT2D eigenvalue weighted by molar-refractivity contribution is 0.187. The summed E-state index contributed by atoms with van der Waals surface area (Å²) in [5.74, 6) is 1.62. The second-order valence-electron chi connectivity index (χ2n) is 7.12. The molecule has 1 fully saturated rings. The molecule has 2 N–H and O–H groups in total. The summed E-state index contributed by atoms with van der Waals surface area (Å²) < 4.78 is 0. The van der Waals surface area contributed by atoms with Gasteiger partial charge in [0.05, 0.1) is 18.2 Å². The Morgan fingerprint density at radius 3 is 2.52 bits per heavy atom. The van der Waals surface area contributed by atoms with Gasteiger partial charge in [-0.15, -0.1) is 0 Å². The van der Waals surface area contributed by atoms with Crippen LogP contribution in [0.25, 0.3) is 0 Å². The maximum Gasteiger partial charge on any atom is 0.191 e. The van der Waals surface area contributed by atoms with E-state index in [9.17, 15) is 0 Å². The average Bonchev–Trinajstić information content (AvgIpc) is 2.61. The minimum absolute atomic E-state index is 0.488. The molecule has 0 spiro atoms. The SMILES string of the molecule is CCNC(=NCc1ccc(C#N)cc1)NC1CCN(CC(C)C)CC1. The molecule has 2 rings (SSSR count). The summed E-state index contributed by atoms with van der Waals surface area (Å²) in [7, 11) is 0. The number of rotatable bonds is 6. The van der Waals surface area contributed by atoms with Gasteiger partial charge in [-0.25, -0.2) is 4.99 Å². The molecule has 0 atom stereocenters. The monoisotopic (exact) mass is 341 g/mol. The highest BCUT2D eigenvalue weighted by Gasteiger charge is 2.20. The van der Waals surface area contributed by atoms with E-state index in [2.05, 4.69) is 42.4 Å². The fourth-order valence-electron chi connectivity index (χ4n) is 3.14. The van der Waals surface area contributed by atoms with Crippen LogP contribution in [0.2, 0.25) is 0 Å². The number of benzene rings is 1. The van der Waals surface area contributed by atoms with Gasteiger partial charge in [0, 0.05) is 32.2 Å². The van der Waals surface area contributed by atoms with Crippen LogP contribution in [0.5, 0.6) is 0 Å². The smallest absolute Gasteiger partial charge is 0.191 e. The van der Waals surface area contributed by atoms with Gasteiger partial charge < -0.3 is 15.5 Å². The minimum Gasteiger partial charge on any atom is -0.357 e. The first kappa shape index (κ1) is 19.3. The van der Waals surface area contributed by atoms with Crippen LogP contribution in [0.4, 0.5) is 0 Å². The zero-order valence-electron chi connectivity index (χ0n) is 15.8. The Labute approximate surface area is 152 Å². The molecule has 0 radical (unpaired) electrons. The third kappa shape index (κ3) is 6.75. The van der Waals surface area contributed by atoms with E-state index in [0.717, 1.165) is 49.9 Å². The summed E-state index contributed by atoms with van der Waals surface area (Å²) in [5, 5.41) is 15.8. The first-order valence-corrected chi connectivity index (χ1v) is 9.37. The predicted octanol–water partition coefficient (Wildman–Crippen LogP) is 2.73. The Morgan fingerprint density at radius 1 is 1.28 bits per heavy atom. The Balaban J connectivity index is 1.86. The van der Waals surface area contributed by atoms with Crippen molar-refractivity contribution in [3.8, 4) is 6.07 Å². The fraction of sp³-hybridized carbons (Fsp3) is 0.600. The molecule has 25 heavy (non-hydrogen) atoms. The lowest BCUT2D eigenvalue weighted by Crippen LogP contribution is -2.49. The summed E-state index contributed by atoms with van der Waals surface area (Å²) in [6.45, 7) is 11.6. The maximum atomic E-state index is 8.86. The van der Waals surface area contributed by atoms with Crippen molar-refractivity contribution in [1.82, 2.24) is 15.5 Å². The van der Waals surface area contributed by atoms with Gasteiger partial charge in [-0.05, 0) is 43.4 Å². The number of nitrogens with one attached hydrogen (secondary N) is 2. The number of nitriles is 1. The molecule has 0 bridgehead atoms. The summed E-state index contributed by atoms with van der Waals surface area (Å²) in [5.41, 5.74) is 1.80. The maximum absolute atomic E-state index is 8.86. The third-order valence-corrected chi connectivity index (χ3v) is 4.40. The molecule has 0 amide bonds. The second kappa shape index (κ2) is 10.0. The van der Waals surface area contributed by atoms with E-state index in [1.165, 1.54) is 6.54 Å². The normalized spacial score (nSPS) is 16.7. The van der Waals surface area contributed by atoms with Gasteiger partial charge in [-0.1, -0.05) is 26.0 Å². The van der Waals surface area contributed by atoms with Crippen molar-refractivity contribution in [2.75, 3.05) is 26.2 Å². The van der Waals surface area contributed by atoms with Crippen molar-refractivity contribution in [2.45, 2.75) is 46.2 Å². The molecule has 136 valence electrons. The van der Waals surface area contributed by atoms with Gasteiger partial charge in [0.2, 0.25) is 0 Å². The molecule has 0 unspecified atom stereocenters. The molecule has 1 aliphatic heterocycles. The van der Waals surface area contributed by atoms with Gasteiger partial charge in [0.25, 0.3) is 0 Å². The van der Waals surface area contributed by atoms with E-state index in [1.54, 1.807) is 0 Å². The molecule has 0 aliphatic carbocycles. The first-order valence-electron chi connectivity index (χ1n) is 9.37. The molecule has 0 aromatic heterocycles. The highest BCUT2D eigenvalue weighted by atomic mass is 15.2. The predicted molar refractivity (Wildman–Crippen MR) is 103 cm³/mol. The topological polar surface area (TPSA) is 63.5 Å². The summed E-state index contributed by atoms with van der Waals surface area (Å²) in [4.78, 5) is 7.26. The highest BCUT2D eigenvalue weighted by Crippen LogP contribution is 2.12. The molecule has 5 nitrogen and oxygen atoms in total. The van der Waals surface area contributed by atoms with Gasteiger partial charge in [-0.3, -0.25) is 0 Å². The van der Waals surface area contributed by atoms with E-state index in [1.807, 2.05) is 24.3 Å². The molecule has 1 aromatic carbocycles. The standard InChI is InChI=1S/C20H31N5/c1-4-22-20(23-14-18-7-5-17(13-21)6-8-18)24-19-9-11-25(12-10-19)15-16(2)3/h5-8,16,19H,4,9-12,14-15H2,1-3H3,(H2,22,23,24). The Bertz CT molecular complexity index is 577. The van der Waals surface area contributed by atoms with Crippen LogP contribution in [0, 0.1) is 17.2 Å². The number of guanidine groups is 1. The number of hydrogen-bond donors (Lipinski definition) is 2. The Morgan fingerprint density at radius 2 is 1.96 bits per heavy atom. The summed E-state index contributed by atoms with van der Waals surface area (Å²) in [6, 6.07) is 10.3. The average molecular weight is 342 g/mol. The Kier molecular flexibility index (Phi) is 7.75. The lowest BCUT2D eigenvalue weighted by Gasteiger charge is -2.34. The molecule has 1 saturated heterocycles. The van der Waals surface area contributed by atoms with Crippen LogP contribution < -0.4 is 10.6 Å². The summed E-state index contributed by atoms with van der Waals surface area (Å²) >= 11 is 0. The van der Waals surface area contributed by atoms with Gasteiger partial charge in [0.1, 0.15) is 0 Å². The molecule has 5 heteroatoms. The second-order valence-corrected chi connectivity index (χ2v) is 7.12. The number of aliphatic imine (C=N–C) groups is 1. The van der Waals surface area contributed by atoms with E-state index in [0.29, 0.717) is 18.2 Å². The minimum atomic E-state index is 0.488.